The molecule has 1 aliphatic carbocycles. The number of rotatable bonds is 5. The van der Waals surface area contributed by atoms with Gasteiger partial charge in [-0.1, -0.05) is 37.5 Å². The van der Waals surface area contributed by atoms with E-state index in [0.29, 0.717) is 6.04 Å². The number of aromatic nitrogens is 4. The molecule has 3 aromatic rings. The number of anilines is 1. The third-order valence-electron chi connectivity index (χ3n) is 6.84. The third-order valence-corrected chi connectivity index (χ3v) is 6.84. The molecule has 6 nitrogen and oxygen atoms in total. The molecule has 2 aliphatic rings. The monoisotopic (exact) mass is 421 g/mol. The van der Waals surface area contributed by atoms with Crippen molar-refractivity contribution in [1.82, 2.24) is 20.2 Å². The maximum Gasteiger partial charge on any atom is 0.214 e. The minimum absolute atomic E-state index is 0.00968. The van der Waals surface area contributed by atoms with Gasteiger partial charge in [0.2, 0.25) is 5.82 Å². The molecule has 1 aliphatic heterocycles. The first-order chi connectivity index (χ1) is 15.3. The number of benzene rings is 2. The van der Waals surface area contributed by atoms with E-state index in [4.69, 9.17) is 0 Å². The van der Waals surface area contributed by atoms with Crippen molar-refractivity contribution >= 4 is 5.69 Å². The minimum atomic E-state index is -0.210. The Hall–Kier alpha value is -2.80. The zero-order valence-corrected chi connectivity index (χ0v) is 17.8. The molecule has 0 spiro atoms. The number of hydrogen-bond donors (Lipinski definition) is 1. The molecule has 0 bridgehead atoms. The Balaban J connectivity index is 1.43. The summed E-state index contributed by atoms with van der Waals surface area (Å²) in [5.74, 6) is 0.708. The van der Waals surface area contributed by atoms with E-state index in [2.05, 4.69) is 55.4 Å². The predicted molar refractivity (Wildman–Crippen MR) is 118 cm³/mol. The molecule has 0 radical (unpaired) electrons. The molecule has 1 aromatic heterocycles. The van der Waals surface area contributed by atoms with Crippen molar-refractivity contribution in [3.63, 3.8) is 0 Å². The van der Waals surface area contributed by atoms with E-state index in [0.717, 1.165) is 50.4 Å². The normalized spacial score (nSPS) is 19.5. The largest absolute Gasteiger partial charge is 0.360 e. The molecule has 1 saturated carbocycles. The van der Waals surface area contributed by atoms with Crippen molar-refractivity contribution in [1.29, 1.82) is 0 Å². The molecule has 7 heteroatoms. The Morgan fingerprint density at radius 2 is 1.61 bits per heavy atom. The lowest BCUT2D eigenvalue weighted by molar-refractivity contribution is -0.927. The van der Waals surface area contributed by atoms with Crippen molar-refractivity contribution in [3.8, 4) is 0 Å². The second kappa shape index (κ2) is 9.14. The van der Waals surface area contributed by atoms with Crippen LogP contribution in [0, 0.1) is 5.82 Å². The van der Waals surface area contributed by atoms with Crippen LogP contribution in [-0.2, 0) is 0 Å². The van der Waals surface area contributed by atoms with Gasteiger partial charge in [0.05, 0.1) is 32.2 Å². The molecule has 1 atom stereocenters. The van der Waals surface area contributed by atoms with Gasteiger partial charge in [-0.05, 0) is 59.7 Å². The Morgan fingerprint density at radius 3 is 2.32 bits per heavy atom. The molecule has 5 rings (SSSR count). The first kappa shape index (κ1) is 20.1. The minimum Gasteiger partial charge on any atom is -0.360 e. The van der Waals surface area contributed by atoms with Crippen LogP contribution in [0.25, 0.3) is 0 Å². The highest BCUT2D eigenvalue weighted by atomic mass is 19.1. The van der Waals surface area contributed by atoms with Crippen molar-refractivity contribution in [2.75, 3.05) is 31.1 Å². The number of tetrazole rings is 1. The number of para-hydroxylation sites is 1. The van der Waals surface area contributed by atoms with Crippen LogP contribution in [-0.4, -0.2) is 46.4 Å². The van der Waals surface area contributed by atoms with E-state index in [1.807, 2.05) is 12.1 Å². The van der Waals surface area contributed by atoms with Crippen molar-refractivity contribution in [2.24, 2.45) is 0 Å². The van der Waals surface area contributed by atoms with Gasteiger partial charge in [0.15, 0.2) is 6.04 Å². The van der Waals surface area contributed by atoms with Crippen LogP contribution in [0.15, 0.2) is 54.6 Å². The molecule has 162 valence electrons. The molecule has 2 heterocycles. The molecule has 31 heavy (non-hydrogen) atoms. The first-order valence-corrected chi connectivity index (χ1v) is 11.5. The van der Waals surface area contributed by atoms with Crippen molar-refractivity contribution in [3.05, 3.63) is 71.8 Å². The fraction of sp³-hybridized carbons (Fsp3) is 0.458. The molecule has 0 unspecified atom stereocenters. The van der Waals surface area contributed by atoms with Gasteiger partial charge in [0.1, 0.15) is 5.82 Å². The summed E-state index contributed by atoms with van der Waals surface area (Å²) < 4.78 is 15.8. The number of nitrogens with one attached hydrogen (secondary N) is 1. The molecule has 0 amide bonds. The van der Waals surface area contributed by atoms with E-state index in [1.54, 1.807) is 12.1 Å². The lowest BCUT2D eigenvalue weighted by atomic mass is 9.95. The standard InChI is InChI=1S/C24H29FN6/c25-20-13-11-19(12-14-20)23(24-26-27-28-31(24)22-9-5-2-6-10-22)30-17-15-29(16-18-30)21-7-3-1-4-8-21/h1,3-4,7-8,11-14,22-23H,2,5-6,9-10,15-18H2/p+1/t23-/m1/s1. The summed E-state index contributed by atoms with van der Waals surface area (Å²) in [6.07, 6.45) is 6.01. The van der Waals surface area contributed by atoms with Gasteiger partial charge in [-0.2, -0.15) is 0 Å². The maximum absolute atomic E-state index is 13.7. The van der Waals surface area contributed by atoms with Crippen LogP contribution >= 0.6 is 0 Å². The molecule has 2 fully saturated rings. The van der Waals surface area contributed by atoms with Crippen LogP contribution in [0.2, 0.25) is 0 Å². The zero-order chi connectivity index (χ0) is 21.0. The fourth-order valence-corrected chi connectivity index (χ4v) is 5.18. The molecule has 1 N–H and O–H groups in total. The maximum atomic E-state index is 13.7. The lowest BCUT2D eigenvalue weighted by Gasteiger charge is -2.37. The van der Waals surface area contributed by atoms with Gasteiger partial charge in [0, 0.05) is 11.3 Å². The summed E-state index contributed by atoms with van der Waals surface area (Å²) in [6.45, 7) is 3.91. The van der Waals surface area contributed by atoms with Gasteiger partial charge < -0.3 is 9.80 Å². The van der Waals surface area contributed by atoms with E-state index >= 15 is 0 Å². The average molecular weight is 422 g/mol. The third kappa shape index (κ3) is 4.32. The van der Waals surface area contributed by atoms with Gasteiger partial charge >= 0.3 is 0 Å². The molecule has 1 saturated heterocycles. The van der Waals surface area contributed by atoms with Gasteiger partial charge in [0.25, 0.3) is 0 Å². The van der Waals surface area contributed by atoms with Crippen molar-refractivity contribution in [2.45, 2.75) is 44.2 Å². The van der Waals surface area contributed by atoms with Crippen LogP contribution in [0.4, 0.5) is 10.1 Å². The van der Waals surface area contributed by atoms with E-state index < -0.39 is 0 Å². The number of quaternary nitrogens is 1. The van der Waals surface area contributed by atoms with Crippen LogP contribution in [0.3, 0.4) is 0 Å². The van der Waals surface area contributed by atoms with Crippen LogP contribution in [0.1, 0.15) is 55.6 Å². The van der Waals surface area contributed by atoms with Gasteiger partial charge in [-0.3, -0.25) is 0 Å². The zero-order valence-electron chi connectivity index (χ0n) is 17.8. The van der Waals surface area contributed by atoms with Gasteiger partial charge in [-0.25, -0.2) is 9.07 Å². The second-order valence-corrected chi connectivity index (χ2v) is 8.74. The molecular formula is C24H30FN6+. The van der Waals surface area contributed by atoms with Crippen molar-refractivity contribution < 1.29 is 9.29 Å². The summed E-state index contributed by atoms with van der Waals surface area (Å²) in [6, 6.07) is 17.9. The predicted octanol–water partition coefficient (Wildman–Crippen LogP) is 2.81. The van der Waals surface area contributed by atoms with E-state index in [9.17, 15) is 4.39 Å². The SMILES string of the molecule is Fc1ccc([C@H](c2nnnn2C2CCCCC2)[NH+]2CCN(c3ccccc3)CC2)cc1. The van der Waals surface area contributed by atoms with Gasteiger partial charge in [-0.15, -0.1) is 5.10 Å². The van der Waals surface area contributed by atoms with E-state index in [-0.39, 0.29) is 11.9 Å². The highest BCUT2D eigenvalue weighted by Crippen LogP contribution is 2.30. The highest BCUT2D eigenvalue weighted by molar-refractivity contribution is 5.46. The Kier molecular flexibility index (Phi) is 5.93. The smallest absolute Gasteiger partial charge is 0.214 e. The number of piperazine rings is 1. The van der Waals surface area contributed by atoms with Crippen LogP contribution in [0.5, 0.6) is 0 Å². The summed E-state index contributed by atoms with van der Waals surface area (Å²) in [7, 11) is 0. The Morgan fingerprint density at radius 1 is 0.903 bits per heavy atom. The first-order valence-electron chi connectivity index (χ1n) is 11.5. The average Bonchev–Trinajstić information content (AvgIpc) is 3.31. The topological polar surface area (TPSA) is 51.3 Å². The summed E-state index contributed by atoms with van der Waals surface area (Å²) in [5.41, 5.74) is 2.35. The Bertz CT molecular complexity index is 959. The summed E-state index contributed by atoms with van der Waals surface area (Å²) in [4.78, 5) is 3.88. The number of nitrogens with zero attached hydrogens (tertiary/aromatic N) is 5. The van der Waals surface area contributed by atoms with E-state index in [1.165, 1.54) is 29.8 Å². The lowest BCUT2D eigenvalue weighted by Crippen LogP contribution is -3.15. The quantitative estimate of drug-likeness (QED) is 0.688. The number of hydrogen-bond acceptors (Lipinski definition) is 4. The molecule has 2 aromatic carbocycles. The second-order valence-electron chi connectivity index (χ2n) is 8.74. The number of halogens is 1. The fourth-order valence-electron chi connectivity index (χ4n) is 5.18. The summed E-state index contributed by atoms with van der Waals surface area (Å²) in [5, 5.41) is 13.0. The molecular weight excluding hydrogens is 391 g/mol. The van der Waals surface area contributed by atoms with Crippen LogP contribution < -0.4 is 9.80 Å². The Labute approximate surface area is 182 Å². The highest BCUT2D eigenvalue weighted by Gasteiger charge is 2.35. The summed E-state index contributed by atoms with van der Waals surface area (Å²) >= 11 is 0.